The molecule has 8 aromatic rings. The van der Waals surface area contributed by atoms with Crippen LogP contribution in [-0.2, 0) is 0 Å². The number of nitrogens with zero attached hydrogens (tertiary/aromatic N) is 5. The molecule has 0 spiro atoms. The molecule has 0 fully saturated rings. The van der Waals surface area contributed by atoms with Crippen LogP contribution in [-0.4, -0.2) is 24.5 Å². The van der Waals surface area contributed by atoms with Gasteiger partial charge in [-0.3, -0.25) is 4.98 Å². The van der Waals surface area contributed by atoms with Gasteiger partial charge < -0.3 is 4.57 Å². The van der Waals surface area contributed by atoms with Crippen molar-refractivity contribution in [1.82, 2.24) is 24.5 Å². The Kier molecular flexibility index (Phi) is 6.50. The minimum Gasteiger partial charge on any atom is -0.308 e. The van der Waals surface area contributed by atoms with Gasteiger partial charge in [-0.15, -0.1) is 0 Å². The highest BCUT2D eigenvalue weighted by Gasteiger charge is 2.20. The Morgan fingerprint density at radius 1 is 0.467 bits per heavy atom. The zero-order chi connectivity index (χ0) is 30.3. The summed E-state index contributed by atoms with van der Waals surface area (Å²) in [7, 11) is 0. The SMILES string of the molecule is Cc1ccc2c(c1)c1cc(C)ccc1n2-c1cc(-c2ccccn2)ccc1-c1nc(-c2ccccc2)nc(-c2ccccc2)n1. The van der Waals surface area contributed by atoms with Crippen molar-refractivity contribution in [2.45, 2.75) is 13.8 Å². The summed E-state index contributed by atoms with van der Waals surface area (Å²) in [6.45, 7) is 4.29. The van der Waals surface area contributed by atoms with Gasteiger partial charge in [0, 0.05) is 39.2 Å². The molecule has 0 aliphatic heterocycles. The molecule has 0 amide bonds. The van der Waals surface area contributed by atoms with E-state index in [1.165, 1.54) is 21.9 Å². The predicted molar refractivity (Wildman–Crippen MR) is 183 cm³/mol. The molecule has 214 valence electrons. The van der Waals surface area contributed by atoms with E-state index in [1.54, 1.807) is 0 Å². The fraction of sp³-hybridized carbons (Fsp3) is 0.0500. The number of pyridine rings is 1. The van der Waals surface area contributed by atoms with E-state index in [4.69, 9.17) is 15.0 Å². The van der Waals surface area contributed by atoms with Crippen LogP contribution in [0.15, 0.2) is 140 Å². The molecule has 5 nitrogen and oxygen atoms in total. The van der Waals surface area contributed by atoms with Crippen LogP contribution < -0.4 is 0 Å². The van der Waals surface area contributed by atoms with E-state index in [-0.39, 0.29) is 0 Å². The molecule has 8 rings (SSSR count). The number of fused-ring (bicyclic) bond motifs is 3. The highest BCUT2D eigenvalue weighted by Crippen LogP contribution is 2.38. The van der Waals surface area contributed by atoms with Crippen LogP contribution in [0.2, 0.25) is 0 Å². The minimum atomic E-state index is 0.611. The van der Waals surface area contributed by atoms with Crippen molar-refractivity contribution in [3.63, 3.8) is 0 Å². The van der Waals surface area contributed by atoms with Crippen molar-refractivity contribution < 1.29 is 0 Å². The lowest BCUT2D eigenvalue weighted by Gasteiger charge is -2.16. The van der Waals surface area contributed by atoms with E-state index in [2.05, 4.69) is 78.0 Å². The molecule has 0 unspecified atom stereocenters. The first-order valence-corrected chi connectivity index (χ1v) is 15.1. The Balaban J connectivity index is 1.46. The van der Waals surface area contributed by atoms with Crippen molar-refractivity contribution in [2.24, 2.45) is 0 Å². The zero-order valence-corrected chi connectivity index (χ0v) is 25.0. The van der Waals surface area contributed by atoms with Crippen molar-refractivity contribution in [1.29, 1.82) is 0 Å². The first kappa shape index (κ1) is 26.7. The van der Waals surface area contributed by atoms with Crippen LogP contribution >= 0.6 is 0 Å². The molecule has 5 aromatic carbocycles. The maximum Gasteiger partial charge on any atom is 0.166 e. The Morgan fingerprint density at radius 3 is 1.58 bits per heavy atom. The molecular formula is C40H29N5. The third kappa shape index (κ3) is 4.85. The standard InChI is InChI=1S/C40H29N5/c1-26-16-20-35-32(23-26)33-24-27(2)17-21-36(33)45(35)37-25-30(34-15-9-10-22-41-34)18-19-31(37)40-43-38(28-11-5-3-6-12-28)42-39(44-40)29-13-7-4-8-14-29/h3-25H,1-2H3. The van der Waals surface area contributed by atoms with Gasteiger partial charge >= 0.3 is 0 Å². The van der Waals surface area contributed by atoms with Crippen LogP contribution in [0.5, 0.6) is 0 Å². The first-order valence-electron chi connectivity index (χ1n) is 15.1. The van der Waals surface area contributed by atoms with Crippen LogP contribution in [0, 0.1) is 13.8 Å². The molecular weight excluding hydrogens is 550 g/mol. The number of rotatable bonds is 5. The van der Waals surface area contributed by atoms with Crippen molar-refractivity contribution in [3.8, 4) is 51.1 Å². The average Bonchev–Trinajstić information content (AvgIpc) is 3.41. The van der Waals surface area contributed by atoms with Gasteiger partial charge in [0.1, 0.15) is 0 Å². The van der Waals surface area contributed by atoms with Gasteiger partial charge in [0.2, 0.25) is 0 Å². The van der Waals surface area contributed by atoms with Crippen LogP contribution in [0.1, 0.15) is 11.1 Å². The second-order valence-electron chi connectivity index (χ2n) is 11.4. The third-order valence-corrected chi connectivity index (χ3v) is 8.22. The van der Waals surface area contributed by atoms with E-state index in [0.717, 1.165) is 44.7 Å². The quantitative estimate of drug-likeness (QED) is 0.204. The molecule has 0 saturated heterocycles. The molecule has 5 heteroatoms. The van der Waals surface area contributed by atoms with Gasteiger partial charge in [-0.05, 0) is 62.4 Å². The van der Waals surface area contributed by atoms with Gasteiger partial charge in [-0.25, -0.2) is 15.0 Å². The molecule has 0 saturated carbocycles. The number of aryl methyl sites for hydroxylation is 2. The Labute approximate surface area is 261 Å². The monoisotopic (exact) mass is 579 g/mol. The fourth-order valence-corrected chi connectivity index (χ4v) is 6.04. The van der Waals surface area contributed by atoms with Crippen molar-refractivity contribution in [2.75, 3.05) is 0 Å². The largest absolute Gasteiger partial charge is 0.308 e. The lowest BCUT2D eigenvalue weighted by molar-refractivity contribution is 1.06. The smallest absolute Gasteiger partial charge is 0.166 e. The van der Waals surface area contributed by atoms with Crippen LogP contribution in [0.25, 0.3) is 72.9 Å². The van der Waals surface area contributed by atoms with Crippen molar-refractivity contribution in [3.05, 3.63) is 151 Å². The highest BCUT2D eigenvalue weighted by molar-refractivity contribution is 6.10. The summed E-state index contributed by atoms with van der Waals surface area (Å²) in [6.07, 6.45) is 1.83. The highest BCUT2D eigenvalue weighted by atomic mass is 15.1. The summed E-state index contributed by atoms with van der Waals surface area (Å²) in [5.41, 5.74) is 10.4. The van der Waals surface area contributed by atoms with E-state index in [1.807, 2.05) is 85.1 Å². The number of hydrogen-bond donors (Lipinski definition) is 0. The summed E-state index contributed by atoms with van der Waals surface area (Å²) in [5.74, 6) is 1.87. The topological polar surface area (TPSA) is 56.5 Å². The zero-order valence-electron chi connectivity index (χ0n) is 25.0. The Morgan fingerprint density at radius 2 is 1.02 bits per heavy atom. The molecule has 0 aliphatic carbocycles. The molecule has 0 radical (unpaired) electrons. The first-order chi connectivity index (χ1) is 22.1. The average molecular weight is 580 g/mol. The van der Waals surface area contributed by atoms with E-state index >= 15 is 0 Å². The maximum absolute atomic E-state index is 5.11. The third-order valence-electron chi connectivity index (χ3n) is 8.22. The second kappa shape index (κ2) is 11.0. The Hall–Kier alpha value is -5.94. The van der Waals surface area contributed by atoms with E-state index in [9.17, 15) is 0 Å². The van der Waals surface area contributed by atoms with Crippen LogP contribution in [0.4, 0.5) is 0 Å². The summed E-state index contributed by atoms with van der Waals surface area (Å²) in [4.78, 5) is 19.8. The molecule has 0 N–H and O–H groups in total. The van der Waals surface area contributed by atoms with E-state index in [0.29, 0.717) is 17.5 Å². The summed E-state index contributed by atoms with van der Waals surface area (Å²) in [6, 6.07) is 46.0. The summed E-state index contributed by atoms with van der Waals surface area (Å²) in [5, 5.41) is 2.43. The second-order valence-corrected chi connectivity index (χ2v) is 11.4. The molecule has 0 bridgehead atoms. The van der Waals surface area contributed by atoms with Gasteiger partial charge in [0.05, 0.1) is 22.4 Å². The maximum atomic E-state index is 5.11. The fourth-order valence-electron chi connectivity index (χ4n) is 6.04. The minimum absolute atomic E-state index is 0.611. The van der Waals surface area contributed by atoms with E-state index < -0.39 is 0 Å². The van der Waals surface area contributed by atoms with Gasteiger partial charge in [0.25, 0.3) is 0 Å². The predicted octanol–water partition coefficient (Wildman–Crippen LogP) is 9.65. The molecule has 0 aliphatic rings. The Bertz CT molecular complexity index is 2210. The van der Waals surface area contributed by atoms with Gasteiger partial charge in [0.15, 0.2) is 17.5 Å². The van der Waals surface area contributed by atoms with Crippen molar-refractivity contribution >= 4 is 21.8 Å². The van der Waals surface area contributed by atoms with Gasteiger partial charge in [-0.2, -0.15) is 0 Å². The van der Waals surface area contributed by atoms with Gasteiger partial charge in [-0.1, -0.05) is 96.1 Å². The molecule has 0 atom stereocenters. The lowest BCUT2D eigenvalue weighted by Crippen LogP contribution is -2.04. The summed E-state index contributed by atoms with van der Waals surface area (Å²) >= 11 is 0. The number of benzene rings is 5. The molecule has 3 aromatic heterocycles. The van der Waals surface area contributed by atoms with Crippen LogP contribution in [0.3, 0.4) is 0 Å². The number of hydrogen-bond acceptors (Lipinski definition) is 4. The summed E-state index contributed by atoms with van der Waals surface area (Å²) < 4.78 is 2.35. The molecule has 45 heavy (non-hydrogen) atoms. The normalized spacial score (nSPS) is 11.3. The lowest BCUT2D eigenvalue weighted by atomic mass is 10.0. The molecule has 3 heterocycles. The number of aromatic nitrogens is 5.